The number of hydrogen-bond donors (Lipinski definition) is 0. The zero-order valence-electron chi connectivity index (χ0n) is 21.4. The lowest BCUT2D eigenvalue weighted by Crippen LogP contribution is -2.34. The predicted octanol–water partition coefficient (Wildman–Crippen LogP) is 9.99. The first-order valence-corrected chi connectivity index (χ1v) is 14.6. The van der Waals surface area contributed by atoms with Crippen molar-refractivity contribution in [2.45, 2.75) is 129 Å². The third-order valence-electron chi connectivity index (χ3n) is 9.81. The van der Waals surface area contributed by atoms with Gasteiger partial charge in [0.1, 0.15) is 11.6 Å². The van der Waals surface area contributed by atoms with E-state index in [1.807, 2.05) is 6.92 Å². The summed E-state index contributed by atoms with van der Waals surface area (Å²) in [5.41, 5.74) is 1.20. The first kappa shape index (κ1) is 25.2. The number of benzene rings is 1. The highest BCUT2D eigenvalue weighted by Crippen LogP contribution is 2.51. The molecule has 4 rings (SSSR count). The molecular formula is C31H48F2. The van der Waals surface area contributed by atoms with Crippen molar-refractivity contribution < 1.29 is 8.78 Å². The summed E-state index contributed by atoms with van der Waals surface area (Å²) < 4.78 is 29.1. The topological polar surface area (TPSA) is 0 Å². The summed E-state index contributed by atoms with van der Waals surface area (Å²) in [5, 5.41) is 0. The molecule has 1 aromatic carbocycles. The molecule has 3 saturated carbocycles. The van der Waals surface area contributed by atoms with Gasteiger partial charge in [-0.05, 0) is 111 Å². The highest BCUT2D eigenvalue weighted by Gasteiger charge is 2.39. The number of hydrogen-bond acceptors (Lipinski definition) is 0. The first-order valence-electron chi connectivity index (χ1n) is 14.6. The predicted molar refractivity (Wildman–Crippen MR) is 135 cm³/mol. The van der Waals surface area contributed by atoms with E-state index in [-0.39, 0.29) is 17.2 Å². The molecule has 4 unspecified atom stereocenters. The molecule has 0 nitrogen and oxygen atoms in total. The Balaban J connectivity index is 1.25. The van der Waals surface area contributed by atoms with Gasteiger partial charge in [-0.25, -0.2) is 8.78 Å². The zero-order valence-corrected chi connectivity index (χ0v) is 21.4. The Labute approximate surface area is 202 Å². The Morgan fingerprint density at radius 2 is 1.27 bits per heavy atom. The number of halogens is 2. The molecule has 0 heterocycles. The maximum atomic E-state index is 14.5. The summed E-state index contributed by atoms with van der Waals surface area (Å²) in [6.07, 6.45) is 22.0. The van der Waals surface area contributed by atoms with E-state index in [4.69, 9.17) is 0 Å². The van der Waals surface area contributed by atoms with Crippen molar-refractivity contribution >= 4 is 0 Å². The molecule has 0 amide bonds. The molecule has 0 bridgehead atoms. The summed E-state index contributed by atoms with van der Waals surface area (Å²) in [5.74, 6) is 4.28. The van der Waals surface area contributed by atoms with E-state index >= 15 is 0 Å². The second-order valence-electron chi connectivity index (χ2n) is 11.9. The molecular weight excluding hydrogens is 410 g/mol. The summed E-state index contributed by atoms with van der Waals surface area (Å²) in [7, 11) is 0. The Bertz CT molecular complexity index is 709. The van der Waals surface area contributed by atoms with E-state index < -0.39 is 0 Å². The van der Waals surface area contributed by atoms with Gasteiger partial charge in [0, 0.05) is 5.56 Å². The lowest BCUT2D eigenvalue weighted by atomic mass is 9.60. The summed E-state index contributed by atoms with van der Waals surface area (Å²) >= 11 is 0. The van der Waals surface area contributed by atoms with Crippen LogP contribution in [0.15, 0.2) is 12.1 Å². The minimum atomic E-state index is -0.321. The van der Waals surface area contributed by atoms with Gasteiger partial charge >= 0.3 is 0 Å². The van der Waals surface area contributed by atoms with Crippen molar-refractivity contribution in [2.75, 3.05) is 0 Å². The van der Waals surface area contributed by atoms with Crippen LogP contribution >= 0.6 is 0 Å². The van der Waals surface area contributed by atoms with Gasteiger partial charge in [-0.15, -0.1) is 0 Å². The maximum absolute atomic E-state index is 14.5. The third-order valence-corrected chi connectivity index (χ3v) is 9.81. The molecule has 0 aliphatic heterocycles. The highest BCUT2D eigenvalue weighted by molar-refractivity contribution is 5.29. The lowest BCUT2D eigenvalue weighted by Gasteiger charge is -2.45. The fraction of sp³-hybridized carbons (Fsp3) is 0.806. The lowest BCUT2D eigenvalue weighted by molar-refractivity contribution is 0.0709. The molecule has 4 atom stereocenters. The third kappa shape index (κ3) is 6.40. The van der Waals surface area contributed by atoms with E-state index in [1.165, 1.54) is 83.5 Å². The quantitative estimate of drug-likeness (QED) is 0.323. The van der Waals surface area contributed by atoms with Gasteiger partial charge in [0.15, 0.2) is 0 Å². The van der Waals surface area contributed by atoms with Crippen LogP contribution < -0.4 is 0 Å². The number of fused-ring (bicyclic) bond motifs is 1. The molecule has 186 valence electrons. The fourth-order valence-electron chi connectivity index (χ4n) is 7.81. The van der Waals surface area contributed by atoms with Crippen molar-refractivity contribution in [3.8, 4) is 0 Å². The average Bonchev–Trinajstić information content (AvgIpc) is 2.84. The monoisotopic (exact) mass is 458 g/mol. The summed E-state index contributed by atoms with van der Waals surface area (Å²) in [6, 6.07) is 3.32. The van der Waals surface area contributed by atoms with Crippen molar-refractivity contribution in [3.63, 3.8) is 0 Å². The van der Waals surface area contributed by atoms with E-state index in [0.717, 1.165) is 54.4 Å². The SMILES string of the molecule is CCCCCCC1CCC(C2CCC3CC(c4cc(F)c(CCC)c(F)c4)CCC3C2)CC1. The Morgan fingerprint density at radius 1 is 0.667 bits per heavy atom. The molecule has 33 heavy (non-hydrogen) atoms. The molecule has 3 fully saturated rings. The van der Waals surface area contributed by atoms with Gasteiger partial charge in [-0.2, -0.15) is 0 Å². The van der Waals surface area contributed by atoms with Crippen LogP contribution in [0.3, 0.4) is 0 Å². The molecule has 0 saturated heterocycles. The number of unbranched alkanes of at least 4 members (excludes halogenated alkanes) is 3. The van der Waals surface area contributed by atoms with Crippen LogP contribution in [0.2, 0.25) is 0 Å². The Hall–Kier alpha value is -0.920. The van der Waals surface area contributed by atoms with Crippen molar-refractivity contribution in [1.82, 2.24) is 0 Å². The second-order valence-corrected chi connectivity index (χ2v) is 11.9. The van der Waals surface area contributed by atoms with Crippen LogP contribution in [0.5, 0.6) is 0 Å². The van der Waals surface area contributed by atoms with Crippen molar-refractivity contribution in [2.24, 2.45) is 29.6 Å². The Morgan fingerprint density at radius 3 is 1.94 bits per heavy atom. The fourth-order valence-corrected chi connectivity index (χ4v) is 7.81. The van der Waals surface area contributed by atoms with Gasteiger partial charge in [0.2, 0.25) is 0 Å². The normalized spacial score (nSPS) is 32.5. The molecule has 1 aromatic rings. The molecule has 3 aliphatic rings. The van der Waals surface area contributed by atoms with E-state index in [0.29, 0.717) is 12.3 Å². The van der Waals surface area contributed by atoms with Gasteiger partial charge in [0.25, 0.3) is 0 Å². The van der Waals surface area contributed by atoms with Crippen LogP contribution in [0.1, 0.15) is 134 Å². The minimum absolute atomic E-state index is 0.283. The van der Waals surface area contributed by atoms with Crippen LogP contribution in [-0.4, -0.2) is 0 Å². The molecule has 2 heteroatoms. The molecule has 0 aromatic heterocycles. The summed E-state index contributed by atoms with van der Waals surface area (Å²) in [6.45, 7) is 4.28. The number of rotatable bonds is 9. The largest absolute Gasteiger partial charge is 0.207 e. The standard InChI is InChI=1S/C31H48F2/c1-3-5-6-7-9-22-10-12-23(13-11-22)24-14-15-26-19-27(17-16-25(26)18-24)28-20-30(32)29(8-4-2)31(33)21-28/h20-27H,3-19H2,1-2H3. The van der Waals surface area contributed by atoms with E-state index in [1.54, 1.807) is 12.1 Å². The second kappa shape index (κ2) is 12.2. The van der Waals surface area contributed by atoms with E-state index in [9.17, 15) is 8.78 Å². The van der Waals surface area contributed by atoms with Crippen LogP contribution in [0.4, 0.5) is 8.78 Å². The van der Waals surface area contributed by atoms with Crippen LogP contribution in [-0.2, 0) is 6.42 Å². The van der Waals surface area contributed by atoms with Gasteiger partial charge in [-0.1, -0.05) is 65.2 Å². The molecule has 0 radical (unpaired) electrons. The maximum Gasteiger partial charge on any atom is 0.129 e. The van der Waals surface area contributed by atoms with E-state index in [2.05, 4.69) is 6.92 Å². The summed E-state index contributed by atoms with van der Waals surface area (Å²) in [4.78, 5) is 0. The minimum Gasteiger partial charge on any atom is -0.207 e. The highest BCUT2D eigenvalue weighted by atomic mass is 19.1. The molecule has 0 N–H and O–H groups in total. The first-order chi connectivity index (χ1) is 16.1. The molecule has 0 spiro atoms. The van der Waals surface area contributed by atoms with Gasteiger partial charge < -0.3 is 0 Å². The van der Waals surface area contributed by atoms with Crippen molar-refractivity contribution in [1.29, 1.82) is 0 Å². The average molecular weight is 459 g/mol. The smallest absolute Gasteiger partial charge is 0.129 e. The van der Waals surface area contributed by atoms with Crippen molar-refractivity contribution in [3.05, 3.63) is 34.9 Å². The molecule has 3 aliphatic carbocycles. The van der Waals surface area contributed by atoms with Crippen LogP contribution in [0, 0.1) is 41.2 Å². The zero-order chi connectivity index (χ0) is 23.2. The van der Waals surface area contributed by atoms with Gasteiger partial charge in [-0.3, -0.25) is 0 Å². The van der Waals surface area contributed by atoms with Gasteiger partial charge in [0.05, 0.1) is 0 Å². The van der Waals surface area contributed by atoms with Crippen LogP contribution in [0.25, 0.3) is 0 Å². The Kier molecular flexibility index (Phi) is 9.28.